The molecule has 0 amide bonds. The maximum absolute atomic E-state index is 12.4. The Bertz CT molecular complexity index is 1160. The van der Waals surface area contributed by atoms with E-state index in [0.29, 0.717) is 5.69 Å². The van der Waals surface area contributed by atoms with Crippen molar-refractivity contribution in [2.75, 3.05) is 4.72 Å². The smallest absolute Gasteiger partial charge is 0.236 e. The molecule has 0 saturated heterocycles. The van der Waals surface area contributed by atoms with Gasteiger partial charge < -0.3 is 4.40 Å². The molecule has 0 aliphatic rings. The first-order valence-corrected chi connectivity index (χ1v) is 10.2. The van der Waals surface area contributed by atoms with E-state index < -0.39 is 10.0 Å². The second-order valence-electron chi connectivity index (χ2n) is 6.52. The van der Waals surface area contributed by atoms with Crippen molar-refractivity contribution in [1.82, 2.24) is 9.38 Å². The van der Waals surface area contributed by atoms with Crippen LogP contribution in [-0.4, -0.2) is 17.8 Å². The first-order chi connectivity index (χ1) is 13.0. The molecule has 0 fully saturated rings. The monoisotopic (exact) mass is 377 g/mol. The summed E-state index contributed by atoms with van der Waals surface area (Å²) in [5.74, 6) is -0.0527. The van der Waals surface area contributed by atoms with E-state index in [2.05, 4.69) is 9.71 Å². The van der Waals surface area contributed by atoms with E-state index in [1.165, 1.54) is 0 Å². The summed E-state index contributed by atoms with van der Waals surface area (Å²) in [6, 6.07) is 20.6. The fourth-order valence-corrected chi connectivity index (χ4v) is 4.21. The molecule has 136 valence electrons. The number of rotatable bonds is 5. The first kappa shape index (κ1) is 17.3. The van der Waals surface area contributed by atoms with E-state index in [1.807, 2.05) is 78.3 Å². The summed E-state index contributed by atoms with van der Waals surface area (Å²) in [4.78, 5) is 4.58. The Morgan fingerprint density at radius 3 is 2.56 bits per heavy atom. The number of aromatic nitrogens is 2. The zero-order valence-electron chi connectivity index (χ0n) is 14.8. The van der Waals surface area contributed by atoms with Crippen LogP contribution in [0.3, 0.4) is 0 Å². The van der Waals surface area contributed by atoms with Crippen LogP contribution in [0.2, 0.25) is 0 Å². The molecule has 0 bridgehead atoms. The van der Waals surface area contributed by atoms with Crippen LogP contribution in [-0.2, 0) is 15.8 Å². The maximum atomic E-state index is 12.4. The zero-order chi connectivity index (χ0) is 18.9. The molecule has 0 aliphatic heterocycles. The normalized spacial score (nSPS) is 11.6. The average molecular weight is 377 g/mol. The van der Waals surface area contributed by atoms with Crippen molar-refractivity contribution in [3.63, 3.8) is 0 Å². The highest BCUT2D eigenvalue weighted by Crippen LogP contribution is 2.22. The molecule has 4 aromatic rings. The topological polar surface area (TPSA) is 63.5 Å². The molecular formula is C21H19N3O2S. The van der Waals surface area contributed by atoms with Gasteiger partial charge >= 0.3 is 0 Å². The third-order valence-corrected chi connectivity index (χ3v) is 5.52. The molecule has 4 rings (SSSR count). The summed E-state index contributed by atoms with van der Waals surface area (Å²) in [5, 5.41) is 0. The lowest BCUT2D eigenvalue weighted by Crippen LogP contribution is -2.15. The Kier molecular flexibility index (Phi) is 4.41. The van der Waals surface area contributed by atoms with Gasteiger partial charge in [0.05, 0.1) is 11.4 Å². The molecule has 0 atom stereocenters. The number of sulfonamides is 1. The van der Waals surface area contributed by atoms with Gasteiger partial charge in [0.25, 0.3) is 0 Å². The minimum absolute atomic E-state index is 0.0527. The SMILES string of the molecule is Cc1cccc(CS(=O)(=O)Nc2ccc(-c3cn4ccccc4n3)cc2)c1. The summed E-state index contributed by atoms with van der Waals surface area (Å²) in [6.45, 7) is 1.95. The second kappa shape index (κ2) is 6.89. The number of nitrogens with zero attached hydrogens (tertiary/aromatic N) is 2. The predicted molar refractivity (Wildman–Crippen MR) is 108 cm³/mol. The van der Waals surface area contributed by atoms with E-state index in [-0.39, 0.29) is 5.75 Å². The zero-order valence-corrected chi connectivity index (χ0v) is 15.6. The molecule has 6 heteroatoms. The number of benzene rings is 2. The van der Waals surface area contributed by atoms with E-state index in [4.69, 9.17) is 0 Å². The summed E-state index contributed by atoms with van der Waals surface area (Å²) >= 11 is 0. The molecule has 27 heavy (non-hydrogen) atoms. The van der Waals surface area contributed by atoms with Crippen molar-refractivity contribution in [1.29, 1.82) is 0 Å². The van der Waals surface area contributed by atoms with E-state index in [1.54, 1.807) is 12.1 Å². The number of hydrogen-bond acceptors (Lipinski definition) is 3. The van der Waals surface area contributed by atoms with Gasteiger partial charge in [-0.15, -0.1) is 0 Å². The Morgan fingerprint density at radius 1 is 1.00 bits per heavy atom. The molecule has 0 saturated carbocycles. The van der Waals surface area contributed by atoms with Gasteiger partial charge in [-0.1, -0.05) is 48.0 Å². The van der Waals surface area contributed by atoms with Gasteiger partial charge in [0.2, 0.25) is 10.0 Å². The fraction of sp³-hybridized carbons (Fsp3) is 0.0952. The average Bonchev–Trinajstić information content (AvgIpc) is 3.05. The summed E-state index contributed by atoms with van der Waals surface area (Å²) in [5.41, 5.74) is 4.99. The van der Waals surface area contributed by atoms with Crippen LogP contribution in [0.15, 0.2) is 79.1 Å². The van der Waals surface area contributed by atoms with Gasteiger partial charge in [0, 0.05) is 23.6 Å². The fourth-order valence-electron chi connectivity index (χ4n) is 3.02. The van der Waals surface area contributed by atoms with Crippen LogP contribution in [0.4, 0.5) is 5.69 Å². The molecule has 2 heterocycles. The number of imidazole rings is 1. The van der Waals surface area contributed by atoms with Crippen molar-refractivity contribution in [3.05, 3.63) is 90.3 Å². The van der Waals surface area contributed by atoms with Crippen LogP contribution in [0, 0.1) is 6.92 Å². The molecular weight excluding hydrogens is 358 g/mol. The lowest BCUT2D eigenvalue weighted by molar-refractivity contribution is 0.600. The number of hydrogen-bond donors (Lipinski definition) is 1. The molecule has 0 aliphatic carbocycles. The highest BCUT2D eigenvalue weighted by Gasteiger charge is 2.12. The largest absolute Gasteiger partial charge is 0.306 e. The van der Waals surface area contributed by atoms with Crippen molar-refractivity contribution >= 4 is 21.4 Å². The highest BCUT2D eigenvalue weighted by atomic mass is 32.2. The molecule has 2 aromatic carbocycles. The minimum atomic E-state index is -3.47. The number of anilines is 1. The van der Waals surface area contributed by atoms with Gasteiger partial charge in [-0.05, 0) is 36.8 Å². The van der Waals surface area contributed by atoms with E-state index >= 15 is 0 Å². The summed E-state index contributed by atoms with van der Waals surface area (Å²) in [6.07, 6.45) is 3.89. The molecule has 1 N–H and O–H groups in total. The minimum Gasteiger partial charge on any atom is -0.306 e. The lowest BCUT2D eigenvalue weighted by Gasteiger charge is -2.09. The standard InChI is InChI=1S/C21H19N3O2S/c1-16-5-4-6-17(13-16)15-27(25,26)23-19-10-8-18(9-11-19)20-14-24-12-3-2-7-21(24)22-20/h2-14,23H,15H2,1H3. The van der Waals surface area contributed by atoms with Crippen molar-refractivity contribution < 1.29 is 8.42 Å². The Hall–Kier alpha value is -3.12. The number of fused-ring (bicyclic) bond motifs is 1. The summed E-state index contributed by atoms with van der Waals surface area (Å²) < 4.78 is 29.4. The first-order valence-electron chi connectivity index (χ1n) is 8.59. The van der Waals surface area contributed by atoms with Gasteiger partial charge in [0.15, 0.2) is 0 Å². The van der Waals surface area contributed by atoms with Crippen LogP contribution in [0.1, 0.15) is 11.1 Å². The van der Waals surface area contributed by atoms with Gasteiger partial charge in [-0.2, -0.15) is 0 Å². The quantitative estimate of drug-likeness (QED) is 0.565. The van der Waals surface area contributed by atoms with Gasteiger partial charge in [-0.3, -0.25) is 4.72 Å². The van der Waals surface area contributed by atoms with Crippen LogP contribution >= 0.6 is 0 Å². The van der Waals surface area contributed by atoms with Crippen molar-refractivity contribution in [2.45, 2.75) is 12.7 Å². The predicted octanol–water partition coefficient (Wildman–Crippen LogP) is 4.25. The Labute approximate surface area is 158 Å². The molecule has 0 unspecified atom stereocenters. The summed E-state index contributed by atoms with van der Waals surface area (Å²) in [7, 11) is -3.47. The second-order valence-corrected chi connectivity index (χ2v) is 8.24. The van der Waals surface area contributed by atoms with Gasteiger partial charge in [0.1, 0.15) is 5.65 Å². The molecule has 2 aromatic heterocycles. The molecule has 5 nitrogen and oxygen atoms in total. The van der Waals surface area contributed by atoms with E-state index in [9.17, 15) is 8.42 Å². The lowest BCUT2D eigenvalue weighted by atomic mass is 10.1. The van der Waals surface area contributed by atoms with E-state index in [0.717, 1.165) is 28.0 Å². The Balaban J connectivity index is 1.51. The Morgan fingerprint density at radius 2 is 1.81 bits per heavy atom. The van der Waals surface area contributed by atoms with Gasteiger partial charge in [-0.25, -0.2) is 13.4 Å². The third-order valence-electron chi connectivity index (χ3n) is 4.26. The molecule has 0 spiro atoms. The van der Waals surface area contributed by atoms with Crippen LogP contribution < -0.4 is 4.72 Å². The number of aryl methyl sites for hydroxylation is 1. The number of pyridine rings is 1. The van der Waals surface area contributed by atoms with Crippen LogP contribution in [0.25, 0.3) is 16.9 Å². The third kappa shape index (κ3) is 4.01. The van der Waals surface area contributed by atoms with Crippen LogP contribution in [0.5, 0.6) is 0 Å². The maximum Gasteiger partial charge on any atom is 0.236 e. The molecule has 0 radical (unpaired) electrons. The number of nitrogens with one attached hydrogen (secondary N) is 1. The highest BCUT2D eigenvalue weighted by molar-refractivity contribution is 7.91. The van der Waals surface area contributed by atoms with Crippen molar-refractivity contribution in [3.8, 4) is 11.3 Å². The van der Waals surface area contributed by atoms with Crippen molar-refractivity contribution in [2.24, 2.45) is 0 Å².